The summed E-state index contributed by atoms with van der Waals surface area (Å²) in [6, 6.07) is 1.94. The van der Waals surface area contributed by atoms with Gasteiger partial charge in [0.15, 0.2) is 17.5 Å². The molecule has 0 amide bonds. The number of hydrogen-bond donors (Lipinski definition) is 1. The average molecular weight is 253 g/mol. The van der Waals surface area contributed by atoms with Gasteiger partial charge >= 0.3 is 0 Å². The van der Waals surface area contributed by atoms with Crippen LogP contribution in [-0.4, -0.2) is 20.2 Å². The summed E-state index contributed by atoms with van der Waals surface area (Å²) >= 11 is 0. The second-order valence-electron chi connectivity index (χ2n) is 4.43. The lowest BCUT2D eigenvalue weighted by Crippen LogP contribution is -2.09. The number of benzene rings is 1. The lowest BCUT2D eigenvalue weighted by molar-refractivity contribution is 0.475. The largest absolute Gasteiger partial charge is 0.398 e. The van der Waals surface area contributed by atoms with Crippen molar-refractivity contribution < 1.29 is 8.78 Å². The number of rotatable bonds is 3. The van der Waals surface area contributed by atoms with Gasteiger partial charge in [-0.05, 0) is 22.4 Å². The van der Waals surface area contributed by atoms with Gasteiger partial charge in [-0.2, -0.15) is 0 Å². The Labute approximate surface area is 103 Å². The Balaban J connectivity index is 2.49. The van der Waals surface area contributed by atoms with E-state index >= 15 is 0 Å². The van der Waals surface area contributed by atoms with Crippen molar-refractivity contribution in [2.45, 2.75) is 20.4 Å². The van der Waals surface area contributed by atoms with E-state index in [9.17, 15) is 8.78 Å². The van der Waals surface area contributed by atoms with Crippen LogP contribution in [-0.2, 0) is 6.54 Å². The molecule has 1 aromatic heterocycles. The van der Waals surface area contributed by atoms with E-state index in [2.05, 4.69) is 15.5 Å². The van der Waals surface area contributed by atoms with Gasteiger partial charge in [-0.25, -0.2) is 13.5 Å². The minimum atomic E-state index is -0.987. The number of anilines is 1. The summed E-state index contributed by atoms with van der Waals surface area (Å²) in [6.45, 7) is 4.57. The molecule has 1 heterocycles. The van der Waals surface area contributed by atoms with E-state index < -0.39 is 11.6 Å². The number of halogens is 2. The molecular formula is C11H13F2N5. The summed E-state index contributed by atoms with van der Waals surface area (Å²) in [5.74, 6) is -1.31. The fourth-order valence-corrected chi connectivity index (χ4v) is 1.62. The van der Waals surface area contributed by atoms with Crippen LogP contribution in [0.15, 0.2) is 12.1 Å². The highest BCUT2D eigenvalue weighted by Gasteiger charge is 2.16. The molecule has 5 nitrogen and oxygen atoms in total. The van der Waals surface area contributed by atoms with Crippen LogP contribution in [0.3, 0.4) is 0 Å². The van der Waals surface area contributed by atoms with Crippen LogP contribution in [0.4, 0.5) is 14.5 Å². The summed E-state index contributed by atoms with van der Waals surface area (Å²) in [5, 5.41) is 11.1. The maximum atomic E-state index is 13.2. The maximum absolute atomic E-state index is 13.2. The SMILES string of the molecule is CC(C)Cn1nnnc1-c1cc(F)c(F)cc1N. The van der Waals surface area contributed by atoms with Crippen LogP contribution in [0.2, 0.25) is 0 Å². The number of nitrogens with zero attached hydrogens (tertiary/aromatic N) is 4. The predicted molar refractivity (Wildman–Crippen MR) is 62.4 cm³/mol. The van der Waals surface area contributed by atoms with Gasteiger partial charge in [0.25, 0.3) is 0 Å². The molecule has 96 valence electrons. The molecule has 1 aromatic carbocycles. The first-order chi connectivity index (χ1) is 8.49. The zero-order valence-electron chi connectivity index (χ0n) is 10.1. The van der Waals surface area contributed by atoms with E-state index in [0.717, 1.165) is 12.1 Å². The van der Waals surface area contributed by atoms with Crippen molar-refractivity contribution in [2.75, 3.05) is 5.73 Å². The number of tetrazole rings is 1. The van der Waals surface area contributed by atoms with Crippen molar-refractivity contribution in [2.24, 2.45) is 5.92 Å². The first-order valence-corrected chi connectivity index (χ1v) is 5.50. The van der Waals surface area contributed by atoms with Crippen LogP contribution in [0.5, 0.6) is 0 Å². The zero-order chi connectivity index (χ0) is 13.3. The third kappa shape index (κ3) is 2.29. The van der Waals surface area contributed by atoms with Crippen molar-refractivity contribution in [3.05, 3.63) is 23.8 Å². The second kappa shape index (κ2) is 4.67. The van der Waals surface area contributed by atoms with Crippen LogP contribution in [0, 0.1) is 17.6 Å². The molecule has 7 heteroatoms. The van der Waals surface area contributed by atoms with Crippen molar-refractivity contribution in [3.8, 4) is 11.4 Å². The minimum absolute atomic E-state index is 0.105. The third-order valence-corrected chi connectivity index (χ3v) is 2.40. The highest BCUT2D eigenvalue weighted by atomic mass is 19.2. The van der Waals surface area contributed by atoms with E-state index in [0.29, 0.717) is 23.9 Å². The van der Waals surface area contributed by atoms with Crippen LogP contribution < -0.4 is 5.73 Å². The smallest absolute Gasteiger partial charge is 0.184 e. The molecule has 2 N–H and O–H groups in total. The molecule has 0 atom stereocenters. The molecule has 2 aromatic rings. The molecule has 0 bridgehead atoms. The zero-order valence-corrected chi connectivity index (χ0v) is 10.1. The molecule has 18 heavy (non-hydrogen) atoms. The quantitative estimate of drug-likeness (QED) is 0.847. The van der Waals surface area contributed by atoms with Gasteiger partial charge in [-0.1, -0.05) is 13.8 Å². The molecule has 0 aliphatic carbocycles. The van der Waals surface area contributed by atoms with E-state index in [1.165, 1.54) is 4.68 Å². The molecule has 0 saturated carbocycles. The average Bonchev–Trinajstić information content (AvgIpc) is 2.70. The highest BCUT2D eigenvalue weighted by molar-refractivity contribution is 5.71. The number of aromatic nitrogens is 4. The van der Waals surface area contributed by atoms with Gasteiger partial charge in [0.2, 0.25) is 0 Å². The van der Waals surface area contributed by atoms with E-state index in [1.54, 1.807) is 0 Å². The standard InChI is InChI=1S/C11H13F2N5/c1-6(2)5-18-11(15-16-17-18)7-3-8(12)9(13)4-10(7)14/h3-4,6H,5,14H2,1-2H3. The normalized spacial score (nSPS) is 11.2. The highest BCUT2D eigenvalue weighted by Crippen LogP contribution is 2.26. The predicted octanol–water partition coefficient (Wildman–Crippen LogP) is 1.86. The lowest BCUT2D eigenvalue weighted by Gasteiger charge is -2.09. The van der Waals surface area contributed by atoms with E-state index in [4.69, 9.17) is 5.73 Å². The lowest BCUT2D eigenvalue weighted by atomic mass is 10.1. The molecule has 0 aliphatic heterocycles. The first kappa shape index (κ1) is 12.4. The Morgan fingerprint density at radius 3 is 2.61 bits per heavy atom. The minimum Gasteiger partial charge on any atom is -0.398 e. The van der Waals surface area contributed by atoms with Gasteiger partial charge in [0, 0.05) is 23.9 Å². The molecule has 0 radical (unpaired) electrons. The molecule has 0 fully saturated rings. The first-order valence-electron chi connectivity index (χ1n) is 5.50. The Morgan fingerprint density at radius 1 is 1.28 bits per heavy atom. The molecule has 0 aliphatic rings. The van der Waals surface area contributed by atoms with Crippen molar-refractivity contribution in [3.63, 3.8) is 0 Å². The number of nitrogen functional groups attached to an aromatic ring is 1. The van der Waals surface area contributed by atoms with E-state index in [1.807, 2.05) is 13.8 Å². The second-order valence-corrected chi connectivity index (χ2v) is 4.43. The van der Waals surface area contributed by atoms with Gasteiger partial charge in [-0.3, -0.25) is 0 Å². The van der Waals surface area contributed by atoms with Gasteiger partial charge < -0.3 is 5.73 Å². The van der Waals surface area contributed by atoms with Gasteiger partial charge in [-0.15, -0.1) is 5.10 Å². The van der Waals surface area contributed by atoms with Crippen molar-refractivity contribution in [1.29, 1.82) is 0 Å². The van der Waals surface area contributed by atoms with Crippen molar-refractivity contribution >= 4 is 5.69 Å². The van der Waals surface area contributed by atoms with E-state index in [-0.39, 0.29) is 5.69 Å². The molecule has 0 saturated heterocycles. The summed E-state index contributed by atoms with van der Waals surface area (Å²) in [5.41, 5.74) is 6.06. The fourth-order valence-electron chi connectivity index (χ4n) is 1.62. The topological polar surface area (TPSA) is 69.6 Å². The van der Waals surface area contributed by atoms with Crippen LogP contribution >= 0.6 is 0 Å². The molecule has 0 spiro atoms. The summed E-state index contributed by atoms with van der Waals surface area (Å²) in [6.07, 6.45) is 0. The number of nitrogens with two attached hydrogens (primary N) is 1. The Kier molecular flexibility index (Phi) is 3.22. The third-order valence-electron chi connectivity index (χ3n) is 2.40. The monoisotopic (exact) mass is 253 g/mol. The van der Waals surface area contributed by atoms with Gasteiger partial charge in [0.1, 0.15) is 0 Å². The van der Waals surface area contributed by atoms with Gasteiger partial charge in [0.05, 0.1) is 0 Å². The fraction of sp³-hybridized carbons (Fsp3) is 0.364. The summed E-state index contributed by atoms with van der Waals surface area (Å²) in [7, 11) is 0. The Morgan fingerprint density at radius 2 is 1.94 bits per heavy atom. The Bertz CT molecular complexity index is 565. The molecule has 0 unspecified atom stereocenters. The maximum Gasteiger partial charge on any atom is 0.184 e. The molecular weight excluding hydrogens is 240 g/mol. The van der Waals surface area contributed by atoms with Crippen molar-refractivity contribution in [1.82, 2.24) is 20.2 Å². The Hall–Kier alpha value is -2.05. The van der Waals surface area contributed by atoms with Crippen LogP contribution in [0.1, 0.15) is 13.8 Å². The van der Waals surface area contributed by atoms with Crippen LogP contribution in [0.25, 0.3) is 11.4 Å². The molecule has 2 rings (SSSR count). The summed E-state index contributed by atoms with van der Waals surface area (Å²) in [4.78, 5) is 0. The number of hydrogen-bond acceptors (Lipinski definition) is 4. The summed E-state index contributed by atoms with van der Waals surface area (Å²) < 4.78 is 27.8.